The first-order valence-corrected chi connectivity index (χ1v) is 43.9. The van der Waals surface area contributed by atoms with Crippen molar-refractivity contribution in [3.63, 3.8) is 0 Å². The molecule has 0 aliphatic heterocycles. The zero-order valence-electron chi connectivity index (χ0n) is 76.8. The maximum atomic E-state index is 13.6. The molecule has 14 rings (SSSR count). The fourth-order valence-electron chi connectivity index (χ4n) is 14.4. The molecule has 134 heavy (non-hydrogen) atoms. The SMILES string of the molecule is BrCc1ccccc1.Cc1[nH]c2ccc(C(C)(C)C)cc2c1CC(=O)O.Cc1[nH]c2ccc(C(C)(C)C)cc2c1CC(=O)OCc1ccccc1.Cc1c(CC(=O)O)c2cc(C(C)(C)C)ccc2n1C(=O)c1ccc(OC(F)(F)F)cc1.Cc1c(CC(=O)OCc2ccccc2)c2cc(C(C)(C)C)ccc2n1C(=O)c1ccc(OC(F)(F)F)cc1.O=C(Cl)c1ccc(OC(F)(F)F)cc1. The number of ether oxygens (including phenoxy) is 5. The minimum Gasteiger partial charge on any atom is -0.481 e. The molecule has 0 saturated heterocycles. The van der Waals surface area contributed by atoms with Gasteiger partial charge < -0.3 is 43.9 Å². The van der Waals surface area contributed by atoms with Crippen LogP contribution in [0.5, 0.6) is 17.2 Å². The van der Waals surface area contributed by atoms with Gasteiger partial charge in [0, 0.05) is 77.4 Å². The van der Waals surface area contributed by atoms with Crippen LogP contribution in [0.2, 0.25) is 0 Å². The van der Waals surface area contributed by atoms with Crippen LogP contribution in [0, 0.1) is 27.7 Å². The number of nitrogens with one attached hydrogen (secondary N) is 2. The Kier molecular flexibility index (Phi) is 34.4. The van der Waals surface area contributed by atoms with Crippen LogP contribution >= 0.6 is 27.5 Å². The van der Waals surface area contributed by atoms with Crippen LogP contribution in [0.4, 0.5) is 39.5 Å². The van der Waals surface area contributed by atoms with E-state index in [9.17, 15) is 78.2 Å². The minimum atomic E-state index is -4.83. The number of benzene rings is 10. The first-order valence-electron chi connectivity index (χ1n) is 42.4. The predicted molar refractivity (Wildman–Crippen MR) is 505 cm³/mol. The predicted octanol–water partition coefficient (Wildman–Crippen LogP) is 26.6. The second-order valence-electron chi connectivity index (χ2n) is 35.7. The lowest BCUT2D eigenvalue weighted by atomic mass is 9.86. The number of alkyl halides is 10. The van der Waals surface area contributed by atoms with Gasteiger partial charge in [0.2, 0.25) is 0 Å². The van der Waals surface area contributed by atoms with Crippen molar-refractivity contribution in [3.8, 4) is 17.2 Å². The number of aryl methyl sites for hydroxylation is 2. The van der Waals surface area contributed by atoms with Crippen molar-refractivity contribution in [2.24, 2.45) is 0 Å². The van der Waals surface area contributed by atoms with Crippen LogP contribution in [0.1, 0.15) is 198 Å². The zero-order valence-corrected chi connectivity index (χ0v) is 79.2. The molecular weight excluding hydrogens is 1830 g/mol. The van der Waals surface area contributed by atoms with E-state index in [0.717, 1.165) is 126 Å². The van der Waals surface area contributed by atoms with Crippen molar-refractivity contribution in [1.29, 1.82) is 0 Å². The minimum absolute atomic E-state index is 0.0403. The molecule has 29 heteroatoms. The van der Waals surface area contributed by atoms with Crippen LogP contribution in [0.15, 0.2) is 237 Å². The summed E-state index contributed by atoms with van der Waals surface area (Å²) in [6.45, 7) is 33.2. The fraction of sp³-hybridized carbons (Fsp3) is 0.286. The van der Waals surface area contributed by atoms with Crippen LogP contribution in [0.25, 0.3) is 43.6 Å². The van der Waals surface area contributed by atoms with E-state index < -0.39 is 65.6 Å². The molecule has 0 aliphatic carbocycles. The number of fused-ring (bicyclic) bond motifs is 4. The van der Waals surface area contributed by atoms with Crippen LogP contribution < -0.4 is 14.2 Å². The average molecular weight is 1930 g/mol. The fourth-order valence-corrected chi connectivity index (χ4v) is 14.9. The largest absolute Gasteiger partial charge is 0.573 e. The van der Waals surface area contributed by atoms with E-state index in [2.05, 4.69) is 145 Å². The summed E-state index contributed by atoms with van der Waals surface area (Å²) in [5, 5.41) is 22.1. The van der Waals surface area contributed by atoms with Gasteiger partial charge in [-0.2, -0.15) is 0 Å². The summed E-state index contributed by atoms with van der Waals surface area (Å²) in [5.74, 6) is -4.59. The van der Waals surface area contributed by atoms with Gasteiger partial charge in [-0.3, -0.25) is 42.7 Å². The van der Waals surface area contributed by atoms with Crippen molar-refractivity contribution < 1.29 is 107 Å². The van der Waals surface area contributed by atoms with E-state index >= 15 is 0 Å². The Morgan fingerprint density at radius 1 is 0.351 bits per heavy atom. The summed E-state index contributed by atoms with van der Waals surface area (Å²) in [5.41, 5.74) is 17.3. The normalized spacial score (nSPS) is 11.7. The van der Waals surface area contributed by atoms with Crippen molar-refractivity contribution in [1.82, 2.24) is 19.1 Å². The molecule has 0 unspecified atom stereocenters. The topological polar surface area (TPSA) is 248 Å². The van der Waals surface area contributed by atoms with E-state index in [4.69, 9.17) is 26.2 Å². The number of nitrogens with zero attached hydrogens (tertiary/aromatic N) is 2. The zero-order chi connectivity index (χ0) is 98.9. The Labute approximate surface area is 783 Å². The lowest BCUT2D eigenvalue weighted by molar-refractivity contribution is -0.275. The van der Waals surface area contributed by atoms with E-state index in [1.807, 2.05) is 150 Å². The number of aliphatic carboxylic acids is 2. The van der Waals surface area contributed by atoms with Gasteiger partial charge in [-0.05, 0) is 243 Å². The highest BCUT2D eigenvalue weighted by Gasteiger charge is 2.35. The molecule has 4 N–H and O–H groups in total. The van der Waals surface area contributed by atoms with Gasteiger partial charge in [0.05, 0.1) is 36.7 Å². The third kappa shape index (κ3) is 29.6. The number of carboxylic acids is 2. The summed E-state index contributed by atoms with van der Waals surface area (Å²) in [7, 11) is 0. The number of halogens is 11. The molecule has 0 fully saturated rings. The van der Waals surface area contributed by atoms with Crippen molar-refractivity contribution in [2.75, 3.05) is 0 Å². The highest BCUT2D eigenvalue weighted by atomic mass is 79.9. The molecule has 18 nitrogen and oxygen atoms in total. The van der Waals surface area contributed by atoms with Crippen molar-refractivity contribution in [2.45, 2.75) is 196 Å². The monoisotopic (exact) mass is 1930 g/mol. The van der Waals surface area contributed by atoms with E-state index in [1.165, 1.54) is 50.1 Å². The number of esters is 2. The van der Waals surface area contributed by atoms with E-state index in [0.29, 0.717) is 45.5 Å². The van der Waals surface area contributed by atoms with Gasteiger partial charge >= 0.3 is 43.0 Å². The highest BCUT2D eigenvalue weighted by Crippen LogP contribution is 2.38. The highest BCUT2D eigenvalue weighted by molar-refractivity contribution is 9.08. The molecule has 0 atom stereocenters. The maximum Gasteiger partial charge on any atom is 0.573 e. The number of carboxylic acid groups (broad SMARTS) is 2. The number of carbonyl (C=O) groups is 7. The molecule has 4 heterocycles. The molecule has 0 radical (unpaired) electrons. The average Bonchev–Trinajstić information content (AvgIpc) is 1.60. The Hall–Kier alpha value is -13.2. The third-order valence-electron chi connectivity index (χ3n) is 21.5. The second-order valence-corrected chi connectivity index (χ2v) is 36.7. The quantitative estimate of drug-likeness (QED) is 0.0255. The first-order chi connectivity index (χ1) is 62.6. The number of aromatic amines is 2. The molecule has 0 spiro atoms. The lowest BCUT2D eigenvalue weighted by Gasteiger charge is -2.19. The number of hydrogen-bond donors (Lipinski definition) is 4. The molecule has 0 aliphatic rings. The van der Waals surface area contributed by atoms with Crippen LogP contribution in [0.3, 0.4) is 0 Å². The van der Waals surface area contributed by atoms with Gasteiger partial charge in [0.15, 0.2) is 0 Å². The van der Waals surface area contributed by atoms with Gasteiger partial charge in [-0.1, -0.05) is 214 Å². The number of hydrogen-bond acceptors (Lipinski definition) is 12. The molecule has 14 aromatic rings. The summed E-state index contributed by atoms with van der Waals surface area (Å²) < 4.78 is 135. The summed E-state index contributed by atoms with van der Waals surface area (Å²) in [6.07, 6.45) is -14.3. The van der Waals surface area contributed by atoms with Gasteiger partial charge in [0.25, 0.3) is 17.1 Å². The number of carbonyl (C=O) groups excluding carboxylic acids is 5. The van der Waals surface area contributed by atoms with Crippen LogP contribution in [-0.2, 0) is 94.5 Å². The van der Waals surface area contributed by atoms with Gasteiger partial charge in [0.1, 0.15) is 30.5 Å². The Bertz CT molecular complexity index is 6480. The van der Waals surface area contributed by atoms with Gasteiger partial charge in [-0.15, -0.1) is 39.5 Å². The Morgan fingerprint density at radius 2 is 0.627 bits per heavy atom. The summed E-state index contributed by atoms with van der Waals surface area (Å²) in [4.78, 5) is 91.5. The third-order valence-corrected chi connectivity index (χ3v) is 22.4. The number of aromatic nitrogens is 4. The second kappa shape index (κ2) is 44.1. The summed E-state index contributed by atoms with van der Waals surface area (Å²) >= 11 is 8.44. The number of rotatable bonds is 19. The van der Waals surface area contributed by atoms with Gasteiger partial charge in [-0.25, -0.2) is 0 Å². The molecule has 0 amide bonds. The summed E-state index contributed by atoms with van der Waals surface area (Å²) in [6, 6.07) is 67.1. The number of H-pyrrole nitrogens is 2. The molecule has 10 aromatic carbocycles. The Morgan fingerprint density at radius 3 is 0.918 bits per heavy atom. The molecule has 0 bridgehead atoms. The molecule has 706 valence electrons. The molecule has 4 aromatic heterocycles. The lowest BCUT2D eigenvalue weighted by Crippen LogP contribution is -2.17. The smallest absolute Gasteiger partial charge is 0.481 e. The maximum absolute atomic E-state index is 13.6. The van der Waals surface area contributed by atoms with Crippen molar-refractivity contribution >= 4 is 112 Å². The van der Waals surface area contributed by atoms with E-state index in [1.54, 1.807) is 19.9 Å². The molecular formula is C105H105BrClF9N4O14. The Balaban J connectivity index is 0.000000190. The molecule has 0 saturated carbocycles. The van der Waals surface area contributed by atoms with Crippen molar-refractivity contribution in [3.05, 3.63) is 337 Å². The van der Waals surface area contributed by atoms with E-state index in [-0.39, 0.29) is 82.4 Å². The standard InChI is InChI=1S/C30H28F3NO4.C23H22F3NO4.C22H25NO2.C15H19NO2.C8H4ClF3O2.C7H7Br/c1-19-24(17-27(35)37-18-20-8-6-5-7-9-20)25-16-22(29(2,3)4)12-15-26(25)34(19)28(36)21-10-13-23(14-11-21)38-30(31,32)33;1-13-17(12-20(28)29)18-11-15(22(2,3)4)7-10-19(18)27(13)21(30)14-5-8-16(9-6-14)31-23(24,25)26;1-15-18(13-21(24)25-14-16-8-6-5-7-9-16)19-12-17(22(2,3)4)10-11-20(19)23-15;1-9-11(8-14(17)18)12-7-10(15(2,3)4)5-6-13(12)16-9;9-7(13)5-1-3-6(4-2-5)14-8(10,11)12;8-6-7-4-2-1-3-5-7/h5-16H,17-18H2,1-4H3;5-11H,12H2,1-4H3,(H,28,29);5-12,23H,13-14H2,1-4H3;5-7,16H,8H2,1-4H3,(H,17,18);1-4H;1-5H,6H2. The van der Waals surface area contributed by atoms with Crippen LogP contribution in [-0.4, -0.2) is 89.3 Å². The first kappa shape index (κ1) is 104.